The number of hydrogen-bond donors (Lipinski definition) is 3. The number of carboxylic acids is 1. The summed E-state index contributed by atoms with van der Waals surface area (Å²) in [4.78, 5) is 59.3. The number of aromatic nitrogens is 1. The number of fused-ring (bicyclic) bond motifs is 1. The second-order valence-corrected chi connectivity index (χ2v) is 10.2. The van der Waals surface area contributed by atoms with Crippen molar-refractivity contribution in [2.24, 2.45) is 10.6 Å². The van der Waals surface area contributed by atoms with Gasteiger partial charge in [-0.2, -0.15) is 0 Å². The van der Waals surface area contributed by atoms with Crippen LogP contribution in [0.25, 0.3) is 0 Å². The van der Waals surface area contributed by atoms with Crippen LogP contribution < -0.4 is 11.1 Å². The number of carbonyl (C=O) groups is 4. The quantitative estimate of drug-likeness (QED) is 0.114. The highest BCUT2D eigenvalue weighted by atomic mass is 32.2. The maximum Gasteiger partial charge on any atom is 0.352 e. The van der Waals surface area contributed by atoms with Gasteiger partial charge in [0.25, 0.3) is 18.6 Å². The molecule has 0 saturated carbocycles. The molecule has 1 fully saturated rings. The van der Waals surface area contributed by atoms with E-state index in [1.165, 1.54) is 23.2 Å². The van der Waals surface area contributed by atoms with Crippen LogP contribution in [0.4, 0.5) is 5.13 Å². The number of thioether (sulfide) groups is 1. The van der Waals surface area contributed by atoms with Crippen LogP contribution in [-0.2, 0) is 28.8 Å². The summed E-state index contributed by atoms with van der Waals surface area (Å²) in [6.07, 6.45) is 1.40. The van der Waals surface area contributed by atoms with E-state index in [-0.39, 0.29) is 22.2 Å². The number of nitrogens with two attached hydrogens (primary N) is 1. The lowest BCUT2D eigenvalue weighted by atomic mass is 9.98. The summed E-state index contributed by atoms with van der Waals surface area (Å²) in [5.74, 6) is -2.84. The van der Waals surface area contributed by atoms with Crippen molar-refractivity contribution >= 4 is 57.7 Å². The van der Waals surface area contributed by atoms with Gasteiger partial charge in [0.1, 0.15) is 22.8 Å². The lowest BCUT2D eigenvalue weighted by molar-refractivity contribution is -0.165. The van der Waals surface area contributed by atoms with E-state index in [2.05, 4.69) is 22.0 Å². The number of thiazole rings is 1. The van der Waals surface area contributed by atoms with Crippen molar-refractivity contribution in [3.63, 3.8) is 0 Å². The standard InChI is InChI=1S/C20H23N5O7S2/c1-5-9-6-33-16-12(15(27)25(16)13(9)17(28)29)23-14(26)11(10-7-34-19(21)22-10)24-32-8-31-18(30)20(2,3)4/h5,7,12,16H,1,6,8H2,2-4H3,(H2,21,22)(H,23,26)(H,28,29)/t12-,16+/m1/s1. The fraction of sp³-hybridized carbons (Fsp3) is 0.400. The van der Waals surface area contributed by atoms with Gasteiger partial charge in [0.2, 0.25) is 0 Å². The number of hydrogen-bond acceptors (Lipinski definition) is 11. The Morgan fingerprint density at radius 3 is 2.71 bits per heavy atom. The molecule has 3 heterocycles. The molecule has 2 aliphatic rings. The minimum absolute atomic E-state index is 0.0992. The summed E-state index contributed by atoms with van der Waals surface area (Å²) in [5.41, 5.74) is 4.99. The van der Waals surface area contributed by atoms with E-state index in [0.717, 1.165) is 16.2 Å². The van der Waals surface area contributed by atoms with E-state index in [4.69, 9.17) is 15.3 Å². The number of nitrogen functional groups attached to an aromatic ring is 1. The predicted molar refractivity (Wildman–Crippen MR) is 124 cm³/mol. The molecule has 0 aliphatic carbocycles. The minimum atomic E-state index is -1.25. The lowest BCUT2D eigenvalue weighted by Gasteiger charge is -2.49. The van der Waals surface area contributed by atoms with Gasteiger partial charge in [0, 0.05) is 11.1 Å². The number of anilines is 1. The number of amides is 2. The van der Waals surface area contributed by atoms with Gasteiger partial charge < -0.3 is 25.7 Å². The molecule has 34 heavy (non-hydrogen) atoms. The summed E-state index contributed by atoms with van der Waals surface area (Å²) in [7, 11) is 0. The van der Waals surface area contributed by atoms with Gasteiger partial charge in [-0.1, -0.05) is 17.8 Å². The number of allylic oxidation sites excluding steroid dienone is 1. The summed E-state index contributed by atoms with van der Waals surface area (Å²) >= 11 is 2.36. The molecule has 1 aromatic rings. The third kappa shape index (κ3) is 5.07. The van der Waals surface area contributed by atoms with Crippen LogP contribution in [0, 0.1) is 5.41 Å². The van der Waals surface area contributed by atoms with Gasteiger partial charge in [-0.25, -0.2) is 9.78 Å². The maximum atomic E-state index is 13.0. The number of ether oxygens (including phenoxy) is 1. The number of oxime groups is 1. The molecule has 2 atom stereocenters. The van der Waals surface area contributed by atoms with Crippen LogP contribution in [0.15, 0.2) is 34.5 Å². The molecule has 0 radical (unpaired) electrons. The molecular weight excluding hydrogens is 486 g/mol. The molecule has 0 aromatic carbocycles. The molecule has 182 valence electrons. The van der Waals surface area contributed by atoms with Crippen molar-refractivity contribution in [1.82, 2.24) is 15.2 Å². The molecule has 3 rings (SSSR count). The Labute approximate surface area is 202 Å². The summed E-state index contributed by atoms with van der Waals surface area (Å²) in [6, 6.07) is -0.988. The summed E-state index contributed by atoms with van der Waals surface area (Å²) in [5, 5.41) is 16.8. The zero-order chi connectivity index (χ0) is 25.2. The molecule has 2 aliphatic heterocycles. The molecule has 2 amide bonds. The van der Waals surface area contributed by atoms with Crippen molar-refractivity contribution in [2.75, 3.05) is 18.3 Å². The molecule has 0 bridgehead atoms. The Hall–Kier alpha value is -3.39. The van der Waals surface area contributed by atoms with Crippen LogP contribution in [0.1, 0.15) is 26.5 Å². The first-order valence-corrected chi connectivity index (χ1v) is 11.8. The van der Waals surface area contributed by atoms with E-state index in [9.17, 15) is 24.3 Å². The second-order valence-electron chi connectivity index (χ2n) is 8.18. The van der Waals surface area contributed by atoms with Crippen LogP contribution in [0.3, 0.4) is 0 Å². The first-order valence-electron chi connectivity index (χ1n) is 9.88. The maximum absolute atomic E-state index is 13.0. The highest BCUT2D eigenvalue weighted by Crippen LogP contribution is 2.40. The van der Waals surface area contributed by atoms with Crippen LogP contribution >= 0.6 is 23.1 Å². The number of rotatable bonds is 8. The normalized spacial score (nSPS) is 20.3. The van der Waals surface area contributed by atoms with Crippen LogP contribution in [0.5, 0.6) is 0 Å². The Morgan fingerprint density at radius 2 is 2.15 bits per heavy atom. The van der Waals surface area contributed by atoms with Crippen LogP contribution in [0.2, 0.25) is 0 Å². The first kappa shape index (κ1) is 25.2. The Morgan fingerprint density at radius 1 is 1.44 bits per heavy atom. The predicted octanol–water partition coefficient (Wildman–Crippen LogP) is 0.917. The molecule has 0 spiro atoms. The second kappa shape index (κ2) is 9.85. The fourth-order valence-corrected chi connectivity index (χ4v) is 4.89. The summed E-state index contributed by atoms with van der Waals surface area (Å²) in [6.45, 7) is 8.05. The molecular formula is C20H23N5O7S2. The van der Waals surface area contributed by atoms with Crippen molar-refractivity contribution in [1.29, 1.82) is 0 Å². The van der Waals surface area contributed by atoms with E-state index in [0.29, 0.717) is 11.3 Å². The number of esters is 1. The number of carbonyl (C=O) groups excluding carboxylic acids is 3. The molecule has 1 aromatic heterocycles. The van der Waals surface area contributed by atoms with Gasteiger partial charge in [0.05, 0.1) is 5.41 Å². The monoisotopic (exact) mass is 509 g/mol. The number of aliphatic carboxylic acids is 1. The van der Waals surface area contributed by atoms with Crippen LogP contribution in [-0.4, -0.2) is 68.4 Å². The fourth-order valence-electron chi connectivity index (χ4n) is 3.00. The number of nitrogens with one attached hydrogen (secondary N) is 1. The smallest absolute Gasteiger partial charge is 0.352 e. The van der Waals surface area contributed by atoms with Crippen molar-refractivity contribution in [3.05, 3.63) is 35.0 Å². The average Bonchev–Trinajstić information content (AvgIpc) is 3.20. The third-order valence-electron chi connectivity index (χ3n) is 4.72. The summed E-state index contributed by atoms with van der Waals surface area (Å²) < 4.78 is 4.96. The van der Waals surface area contributed by atoms with Crippen molar-refractivity contribution in [3.8, 4) is 0 Å². The van der Waals surface area contributed by atoms with Crippen molar-refractivity contribution < 1.29 is 33.9 Å². The molecule has 1 saturated heterocycles. The average molecular weight is 510 g/mol. The van der Waals surface area contributed by atoms with E-state index < -0.39 is 47.4 Å². The van der Waals surface area contributed by atoms with Gasteiger partial charge in [-0.15, -0.1) is 23.1 Å². The SMILES string of the molecule is C=CC1=C(C(=O)O)N2C(=O)[C@@H](NC(=O)C(=NOCOC(=O)C(C)(C)C)c3csc(N)n3)[C@@H]2SC1. The third-order valence-corrected chi connectivity index (χ3v) is 6.70. The Kier molecular flexibility index (Phi) is 7.31. The Bertz CT molecular complexity index is 1110. The van der Waals surface area contributed by atoms with E-state index in [1.54, 1.807) is 20.8 Å². The first-order chi connectivity index (χ1) is 16.0. The molecule has 4 N–H and O–H groups in total. The largest absolute Gasteiger partial charge is 0.477 e. The lowest BCUT2D eigenvalue weighted by Crippen LogP contribution is -2.71. The molecule has 0 unspecified atom stereocenters. The zero-order valence-electron chi connectivity index (χ0n) is 18.6. The van der Waals surface area contributed by atoms with Gasteiger partial charge in [0.15, 0.2) is 10.8 Å². The number of carboxylic acid groups (broad SMARTS) is 1. The van der Waals surface area contributed by atoms with Gasteiger partial charge in [-0.3, -0.25) is 19.3 Å². The van der Waals surface area contributed by atoms with E-state index >= 15 is 0 Å². The number of nitrogens with zero attached hydrogens (tertiary/aromatic N) is 3. The zero-order valence-corrected chi connectivity index (χ0v) is 20.2. The molecule has 14 heteroatoms. The minimum Gasteiger partial charge on any atom is -0.477 e. The van der Waals surface area contributed by atoms with Crippen molar-refractivity contribution in [2.45, 2.75) is 32.2 Å². The van der Waals surface area contributed by atoms with E-state index in [1.807, 2.05) is 0 Å². The number of β-lactam (4-membered cyclic amide) rings is 1. The van der Waals surface area contributed by atoms with Gasteiger partial charge in [-0.05, 0) is 26.3 Å². The Balaban J connectivity index is 1.74. The topological polar surface area (TPSA) is 174 Å². The highest BCUT2D eigenvalue weighted by Gasteiger charge is 2.54. The highest BCUT2D eigenvalue weighted by molar-refractivity contribution is 8.00. The van der Waals surface area contributed by atoms with Gasteiger partial charge >= 0.3 is 11.9 Å². The molecule has 12 nitrogen and oxygen atoms in total.